The molecule has 3 nitrogen and oxygen atoms in total. The SMILES string of the molecule is CCOc1cccc(N(C)c2ccc(C)cc2C)c1N. The van der Waals surface area contributed by atoms with Gasteiger partial charge in [0.05, 0.1) is 18.0 Å². The maximum Gasteiger partial charge on any atom is 0.144 e. The van der Waals surface area contributed by atoms with E-state index in [1.165, 1.54) is 11.1 Å². The Morgan fingerprint density at radius 1 is 1.10 bits per heavy atom. The van der Waals surface area contributed by atoms with E-state index in [1.54, 1.807) is 0 Å². The van der Waals surface area contributed by atoms with Crippen molar-refractivity contribution in [1.29, 1.82) is 0 Å². The highest BCUT2D eigenvalue weighted by molar-refractivity contribution is 5.79. The topological polar surface area (TPSA) is 38.5 Å². The molecule has 106 valence electrons. The molecule has 0 aliphatic heterocycles. The van der Waals surface area contributed by atoms with Gasteiger partial charge < -0.3 is 15.4 Å². The highest BCUT2D eigenvalue weighted by Crippen LogP contribution is 2.36. The molecule has 0 unspecified atom stereocenters. The first kappa shape index (κ1) is 14.3. The van der Waals surface area contributed by atoms with E-state index in [2.05, 4.69) is 36.9 Å². The lowest BCUT2D eigenvalue weighted by molar-refractivity contribution is 0.342. The first-order valence-electron chi connectivity index (χ1n) is 6.87. The fourth-order valence-electron chi connectivity index (χ4n) is 2.42. The van der Waals surface area contributed by atoms with Gasteiger partial charge in [-0.2, -0.15) is 0 Å². The van der Waals surface area contributed by atoms with Gasteiger partial charge in [0.1, 0.15) is 5.75 Å². The Bertz CT molecular complexity index is 608. The molecule has 0 saturated carbocycles. The summed E-state index contributed by atoms with van der Waals surface area (Å²) in [6.07, 6.45) is 0. The zero-order chi connectivity index (χ0) is 14.7. The van der Waals surface area contributed by atoms with E-state index in [-0.39, 0.29) is 0 Å². The first-order valence-corrected chi connectivity index (χ1v) is 6.87. The molecule has 0 amide bonds. The van der Waals surface area contributed by atoms with Gasteiger partial charge in [-0.3, -0.25) is 0 Å². The van der Waals surface area contributed by atoms with Crippen molar-refractivity contribution in [3.8, 4) is 5.75 Å². The standard InChI is InChI=1S/C17H22N2O/c1-5-20-16-8-6-7-15(17(16)18)19(4)14-10-9-12(2)11-13(14)3/h6-11H,5,18H2,1-4H3. The quantitative estimate of drug-likeness (QED) is 0.852. The molecule has 0 saturated heterocycles. The Hall–Kier alpha value is -2.16. The van der Waals surface area contributed by atoms with E-state index in [1.807, 2.05) is 32.2 Å². The summed E-state index contributed by atoms with van der Waals surface area (Å²) in [5.41, 5.74) is 11.5. The van der Waals surface area contributed by atoms with Gasteiger partial charge in [0.25, 0.3) is 0 Å². The molecule has 0 aliphatic rings. The van der Waals surface area contributed by atoms with E-state index in [4.69, 9.17) is 10.5 Å². The number of nitrogens with two attached hydrogens (primary N) is 1. The molecule has 2 aromatic carbocycles. The minimum absolute atomic E-state index is 0.612. The number of nitrogens with zero attached hydrogens (tertiary/aromatic N) is 1. The summed E-state index contributed by atoms with van der Waals surface area (Å²) in [7, 11) is 2.03. The fraction of sp³-hybridized carbons (Fsp3) is 0.294. The van der Waals surface area contributed by atoms with E-state index >= 15 is 0 Å². The molecule has 2 N–H and O–H groups in total. The molecular weight excluding hydrogens is 248 g/mol. The molecule has 3 heteroatoms. The molecule has 0 bridgehead atoms. The zero-order valence-corrected chi connectivity index (χ0v) is 12.6. The fourth-order valence-corrected chi connectivity index (χ4v) is 2.42. The van der Waals surface area contributed by atoms with Crippen LogP contribution >= 0.6 is 0 Å². The minimum Gasteiger partial charge on any atom is -0.492 e. The Morgan fingerprint density at radius 2 is 1.85 bits per heavy atom. The first-order chi connectivity index (χ1) is 9.54. The van der Waals surface area contributed by atoms with Crippen molar-refractivity contribution in [1.82, 2.24) is 0 Å². The summed E-state index contributed by atoms with van der Waals surface area (Å²) >= 11 is 0. The second kappa shape index (κ2) is 5.87. The van der Waals surface area contributed by atoms with Gasteiger partial charge in [-0.15, -0.1) is 0 Å². The van der Waals surface area contributed by atoms with Crippen LogP contribution in [0.4, 0.5) is 17.1 Å². The van der Waals surface area contributed by atoms with Crippen LogP contribution in [0.2, 0.25) is 0 Å². The van der Waals surface area contributed by atoms with Gasteiger partial charge in [0.15, 0.2) is 0 Å². The molecule has 20 heavy (non-hydrogen) atoms. The summed E-state index contributed by atoms with van der Waals surface area (Å²) in [5.74, 6) is 0.738. The number of benzene rings is 2. The smallest absolute Gasteiger partial charge is 0.144 e. The van der Waals surface area contributed by atoms with Crippen LogP contribution in [0.1, 0.15) is 18.1 Å². The number of para-hydroxylation sites is 1. The Kier molecular flexibility index (Phi) is 4.18. The third-order valence-electron chi connectivity index (χ3n) is 3.42. The van der Waals surface area contributed by atoms with Crippen LogP contribution in [-0.4, -0.2) is 13.7 Å². The lowest BCUT2D eigenvalue weighted by atomic mass is 10.1. The second-order valence-corrected chi connectivity index (χ2v) is 4.97. The normalized spacial score (nSPS) is 10.4. The molecule has 2 aromatic rings. The number of hydrogen-bond acceptors (Lipinski definition) is 3. The summed E-state index contributed by atoms with van der Waals surface area (Å²) < 4.78 is 5.56. The van der Waals surface area contributed by atoms with Crippen LogP contribution in [0.3, 0.4) is 0 Å². The van der Waals surface area contributed by atoms with E-state index in [0.29, 0.717) is 12.3 Å². The summed E-state index contributed by atoms with van der Waals surface area (Å²) in [5, 5.41) is 0. The minimum atomic E-state index is 0.612. The van der Waals surface area contributed by atoms with Crippen LogP contribution in [0.5, 0.6) is 5.75 Å². The second-order valence-electron chi connectivity index (χ2n) is 4.97. The van der Waals surface area contributed by atoms with Crippen LogP contribution in [0, 0.1) is 13.8 Å². The summed E-state index contributed by atoms with van der Waals surface area (Å²) in [6.45, 7) is 6.78. The van der Waals surface area contributed by atoms with Gasteiger partial charge in [-0.1, -0.05) is 23.8 Å². The number of aryl methyl sites for hydroxylation is 2. The number of anilines is 3. The van der Waals surface area contributed by atoms with Crippen molar-refractivity contribution < 1.29 is 4.74 Å². The molecule has 0 heterocycles. The molecule has 0 aliphatic carbocycles. The van der Waals surface area contributed by atoms with Gasteiger partial charge in [-0.05, 0) is 44.5 Å². The van der Waals surface area contributed by atoms with Crippen LogP contribution in [0.15, 0.2) is 36.4 Å². The van der Waals surface area contributed by atoms with Crippen LogP contribution in [0.25, 0.3) is 0 Å². The summed E-state index contributed by atoms with van der Waals surface area (Å²) in [4.78, 5) is 2.10. The highest BCUT2D eigenvalue weighted by atomic mass is 16.5. The molecule has 0 spiro atoms. The van der Waals surface area contributed by atoms with Crippen molar-refractivity contribution in [2.45, 2.75) is 20.8 Å². The summed E-state index contributed by atoms with van der Waals surface area (Å²) in [6, 6.07) is 12.3. The number of ether oxygens (including phenoxy) is 1. The molecule has 0 aromatic heterocycles. The maximum absolute atomic E-state index is 6.22. The van der Waals surface area contributed by atoms with Crippen LogP contribution in [-0.2, 0) is 0 Å². The Balaban J connectivity index is 2.42. The number of rotatable bonds is 4. The van der Waals surface area contributed by atoms with Crippen LogP contribution < -0.4 is 15.4 Å². The van der Waals surface area contributed by atoms with Crippen molar-refractivity contribution >= 4 is 17.1 Å². The van der Waals surface area contributed by atoms with Crippen molar-refractivity contribution in [2.75, 3.05) is 24.3 Å². The molecule has 0 radical (unpaired) electrons. The molecule has 2 rings (SSSR count). The molecular formula is C17H22N2O. The lowest BCUT2D eigenvalue weighted by Crippen LogP contribution is -2.13. The monoisotopic (exact) mass is 270 g/mol. The zero-order valence-electron chi connectivity index (χ0n) is 12.6. The maximum atomic E-state index is 6.22. The molecule has 0 atom stereocenters. The largest absolute Gasteiger partial charge is 0.492 e. The van der Waals surface area contributed by atoms with Gasteiger partial charge >= 0.3 is 0 Å². The van der Waals surface area contributed by atoms with E-state index < -0.39 is 0 Å². The average Bonchev–Trinajstić information content (AvgIpc) is 2.41. The number of hydrogen-bond donors (Lipinski definition) is 1. The van der Waals surface area contributed by atoms with Crippen molar-refractivity contribution in [3.63, 3.8) is 0 Å². The predicted molar refractivity (Wildman–Crippen MR) is 86.0 cm³/mol. The Labute approximate surface area is 121 Å². The predicted octanol–water partition coefficient (Wildman–Crippen LogP) is 4.05. The average molecular weight is 270 g/mol. The van der Waals surface area contributed by atoms with E-state index in [0.717, 1.165) is 17.1 Å². The highest BCUT2D eigenvalue weighted by Gasteiger charge is 2.13. The third kappa shape index (κ3) is 2.72. The van der Waals surface area contributed by atoms with Crippen molar-refractivity contribution in [3.05, 3.63) is 47.5 Å². The number of nitrogen functional groups attached to an aromatic ring is 1. The van der Waals surface area contributed by atoms with Gasteiger partial charge in [-0.25, -0.2) is 0 Å². The third-order valence-corrected chi connectivity index (χ3v) is 3.42. The lowest BCUT2D eigenvalue weighted by Gasteiger charge is -2.24. The van der Waals surface area contributed by atoms with Gasteiger partial charge in [0, 0.05) is 12.7 Å². The Morgan fingerprint density at radius 3 is 2.50 bits per heavy atom. The molecule has 0 fully saturated rings. The van der Waals surface area contributed by atoms with Gasteiger partial charge in [0.2, 0.25) is 0 Å². The van der Waals surface area contributed by atoms with Crippen molar-refractivity contribution in [2.24, 2.45) is 0 Å². The van der Waals surface area contributed by atoms with E-state index in [9.17, 15) is 0 Å².